The minimum Gasteiger partial charge on any atom is -0.444 e. The van der Waals surface area contributed by atoms with E-state index in [4.69, 9.17) is 4.74 Å². The van der Waals surface area contributed by atoms with Crippen LogP contribution < -0.4 is 15.1 Å². The Morgan fingerprint density at radius 1 is 1.12 bits per heavy atom. The van der Waals surface area contributed by atoms with E-state index >= 15 is 0 Å². The van der Waals surface area contributed by atoms with Crippen LogP contribution in [0.1, 0.15) is 71.6 Å². The second-order valence-electron chi connectivity index (χ2n) is 12.5. The van der Waals surface area contributed by atoms with Gasteiger partial charge in [-0.2, -0.15) is 5.26 Å². The van der Waals surface area contributed by atoms with Gasteiger partial charge in [-0.3, -0.25) is 4.79 Å². The summed E-state index contributed by atoms with van der Waals surface area (Å²) in [5.41, 5.74) is 3.05. The highest BCUT2D eigenvalue weighted by atomic mass is 16.6. The van der Waals surface area contributed by atoms with E-state index in [0.717, 1.165) is 29.8 Å². The highest BCUT2D eigenvalue weighted by Gasteiger charge is 2.47. The van der Waals surface area contributed by atoms with Crippen LogP contribution in [0.4, 0.5) is 22.0 Å². The fourth-order valence-electron chi connectivity index (χ4n) is 6.24. The number of ether oxygens (including phenoxy) is 1. The van der Waals surface area contributed by atoms with Gasteiger partial charge in [0, 0.05) is 67.7 Å². The van der Waals surface area contributed by atoms with Crippen LogP contribution in [0.3, 0.4) is 0 Å². The van der Waals surface area contributed by atoms with Gasteiger partial charge in [-0.15, -0.1) is 0 Å². The molecule has 0 spiro atoms. The van der Waals surface area contributed by atoms with Crippen molar-refractivity contribution in [2.24, 2.45) is 11.8 Å². The summed E-state index contributed by atoms with van der Waals surface area (Å²) in [6.07, 6.45) is 3.57. The number of carbonyl (C=O) groups is 2. The Labute approximate surface area is 237 Å². The van der Waals surface area contributed by atoms with E-state index in [1.165, 1.54) is 0 Å². The van der Waals surface area contributed by atoms with Crippen molar-refractivity contribution in [2.75, 3.05) is 34.8 Å². The van der Waals surface area contributed by atoms with Crippen molar-refractivity contribution in [3.05, 3.63) is 47.7 Å². The lowest BCUT2D eigenvalue weighted by Crippen LogP contribution is -2.55. The molecule has 5 rings (SSSR count). The quantitative estimate of drug-likeness (QED) is 0.555. The van der Waals surface area contributed by atoms with Gasteiger partial charge in [-0.25, -0.2) is 9.78 Å². The van der Waals surface area contributed by atoms with Crippen molar-refractivity contribution in [2.45, 2.75) is 78.1 Å². The van der Waals surface area contributed by atoms with Gasteiger partial charge in [0.15, 0.2) is 0 Å². The SMILES string of the molecule is CC(=O)N1c2ccc(N3CCN(C(=O)OC(C)(C)C)[C@@H](C)C3)cc2C(Nc2ccc(C#N)cn2)[C@@H](C)C1C1CC1. The zero-order valence-corrected chi connectivity index (χ0v) is 24.3. The van der Waals surface area contributed by atoms with Crippen molar-refractivity contribution in [1.82, 2.24) is 9.88 Å². The summed E-state index contributed by atoms with van der Waals surface area (Å²) >= 11 is 0. The van der Waals surface area contributed by atoms with E-state index in [0.29, 0.717) is 36.9 Å². The molecule has 2 unspecified atom stereocenters. The van der Waals surface area contributed by atoms with E-state index < -0.39 is 5.60 Å². The molecule has 4 atom stereocenters. The van der Waals surface area contributed by atoms with E-state index in [1.54, 1.807) is 24.1 Å². The zero-order chi connectivity index (χ0) is 28.8. The second kappa shape index (κ2) is 10.6. The number of nitrogens with one attached hydrogen (secondary N) is 1. The van der Waals surface area contributed by atoms with Crippen LogP contribution in [-0.4, -0.2) is 59.2 Å². The van der Waals surface area contributed by atoms with Crippen LogP contribution in [0.2, 0.25) is 0 Å². The Morgan fingerprint density at radius 3 is 2.45 bits per heavy atom. The number of nitriles is 1. The van der Waals surface area contributed by atoms with Crippen LogP contribution >= 0.6 is 0 Å². The molecule has 212 valence electrons. The smallest absolute Gasteiger partial charge is 0.410 e. The molecule has 1 saturated carbocycles. The number of amides is 2. The lowest BCUT2D eigenvalue weighted by Gasteiger charge is -2.46. The van der Waals surface area contributed by atoms with Crippen LogP contribution in [0, 0.1) is 23.2 Å². The molecule has 40 heavy (non-hydrogen) atoms. The predicted molar refractivity (Wildman–Crippen MR) is 155 cm³/mol. The van der Waals surface area contributed by atoms with E-state index in [1.807, 2.05) is 31.7 Å². The Morgan fingerprint density at radius 2 is 1.88 bits per heavy atom. The van der Waals surface area contributed by atoms with Gasteiger partial charge in [0.1, 0.15) is 17.5 Å². The third-order valence-corrected chi connectivity index (χ3v) is 8.23. The lowest BCUT2D eigenvalue weighted by atomic mass is 9.79. The number of hydrogen-bond donors (Lipinski definition) is 1. The summed E-state index contributed by atoms with van der Waals surface area (Å²) in [5.74, 6) is 1.41. The molecule has 2 aliphatic heterocycles. The summed E-state index contributed by atoms with van der Waals surface area (Å²) in [6, 6.07) is 12.2. The largest absolute Gasteiger partial charge is 0.444 e. The number of piperazine rings is 1. The third kappa shape index (κ3) is 5.58. The predicted octanol–water partition coefficient (Wildman–Crippen LogP) is 5.33. The first-order valence-electron chi connectivity index (χ1n) is 14.3. The number of anilines is 3. The normalized spacial score (nSPS) is 24.7. The molecule has 9 nitrogen and oxygen atoms in total. The summed E-state index contributed by atoms with van der Waals surface area (Å²) in [4.78, 5) is 36.4. The summed E-state index contributed by atoms with van der Waals surface area (Å²) in [7, 11) is 0. The minimum atomic E-state index is -0.532. The summed E-state index contributed by atoms with van der Waals surface area (Å²) in [6.45, 7) is 13.5. The van der Waals surface area contributed by atoms with Gasteiger partial charge < -0.3 is 24.8 Å². The molecule has 2 fully saturated rings. The molecule has 0 radical (unpaired) electrons. The van der Waals surface area contributed by atoms with Gasteiger partial charge in [0.25, 0.3) is 0 Å². The van der Waals surface area contributed by atoms with Crippen molar-refractivity contribution in [1.29, 1.82) is 5.26 Å². The Bertz CT molecular complexity index is 1310. The minimum absolute atomic E-state index is 0.0108. The summed E-state index contributed by atoms with van der Waals surface area (Å²) in [5, 5.41) is 12.8. The first-order valence-corrected chi connectivity index (χ1v) is 14.3. The number of pyridine rings is 1. The molecule has 1 aromatic carbocycles. The number of hydrogen-bond acceptors (Lipinski definition) is 7. The number of nitrogens with zero attached hydrogens (tertiary/aromatic N) is 5. The van der Waals surface area contributed by atoms with Crippen LogP contribution in [0.25, 0.3) is 0 Å². The molecule has 3 aliphatic rings. The maximum atomic E-state index is 13.0. The van der Waals surface area contributed by atoms with Crippen LogP contribution in [0.15, 0.2) is 36.5 Å². The van der Waals surface area contributed by atoms with Crippen LogP contribution in [0.5, 0.6) is 0 Å². The fourth-order valence-corrected chi connectivity index (χ4v) is 6.24. The fraction of sp³-hybridized carbons (Fsp3) is 0.548. The average Bonchev–Trinajstić information content (AvgIpc) is 3.74. The molecular formula is C31H40N6O3. The molecule has 1 saturated heterocycles. The number of aromatic nitrogens is 1. The van der Waals surface area contributed by atoms with Gasteiger partial charge in [0.05, 0.1) is 11.6 Å². The molecule has 9 heteroatoms. The molecule has 2 amide bonds. The van der Waals surface area contributed by atoms with Gasteiger partial charge in [-0.05, 0) is 76.8 Å². The lowest BCUT2D eigenvalue weighted by molar-refractivity contribution is -0.117. The monoisotopic (exact) mass is 544 g/mol. The highest BCUT2D eigenvalue weighted by molar-refractivity contribution is 5.94. The van der Waals surface area contributed by atoms with Gasteiger partial charge in [-0.1, -0.05) is 6.92 Å². The van der Waals surface area contributed by atoms with Crippen molar-refractivity contribution < 1.29 is 14.3 Å². The Balaban J connectivity index is 1.45. The van der Waals surface area contributed by atoms with Gasteiger partial charge >= 0.3 is 6.09 Å². The number of fused-ring (bicyclic) bond motifs is 1. The maximum absolute atomic E-state index is 13.0. The first kappa shape index (κ1) is 27.8. The van der Waals surface area contributed by atoms with Crippen molar-refractivity contribution in [3.63, 3.8) is 0 Å². The molecule has 1 aliphatic carbocycles. The molecule has 3 heterocycles. The van der Waals surface area contributed by atoms with E-state index in [-0.39, 0.29) is 36.0 Å². The van der Waals surface area contributed by atoms with E-state index in [9.17, 15) is 14.9 Å². The first-order chi connectivity index (χ1) is 19.0. The van der Waals surface area contributed by atoms with E-state index in [2.05, 4.69) is 53.3 Å². The molecule has 0 bridgehead atoms. The highest BCUT2D eigenvalue weighted by Crippen LogP contribution is 2.50. The Hall–Kier alpha value is -3.80. The number of rotatable bonds is 4. The standard InChI is InChI=1S/C31H40N6O3/c1-19-18-35(13-14-36(19)30(39)40-31(4,5)6)24-10-11-26-25(15-24)28(34-27-12-7-22(16-32)17-33-27)20(2)29(23-8-9-23)37(26)21(3)38/h7,10-12,15,17,19-20,23,28-29H,8-9,13-14,18H2,1-6H3,(H,33,34)/t19-,20+,28?,29?/m0/s1. The maximum Gasteiger partial charge on any atom is 0.410 e. The van der Waals surface area contributed by atoms with Crippen molar-refractivity contribution in [3.8, 4) is 6.07 Å². The summed E-state index contributed by atoms with van der Waals surface area (Å²) < 4.78 is 5.63. The van der Waals surface area contributed by atoms with Gasteiger partial charge in [0.2, 0.25) is 5.91 Å². The third-order valence-electron chi connectivity index (χ3n) is 8.23. The molecular weight excluding hydrogens is 504 g/mol. The number of benzene rings is 1. The average molecular weight is 545 g/mol. The second-order valence-corrected chi connectivity index (χ2v) is 12.5. The topological polar surface area (TPSA) is 102 Å². The molecule has 1 N–H and O–H groups in total. The van der Waals surface area contributed by atoms with Crippen molar-refractivity contribution >= 4 is 29.2 Å². The molecule has 1 aromatic heterocycles. The van der Waals surface area contributed by atoms with Crippen LogP contribution in [-0.2, 0) is 9.53 Å². The Kier molecular flexibility index (Phi) is 7.38. The molecule has 2 aromatic rings. The number of carbonyl (C=O) groups excluding carboxylic acids is 2. The zero-order valence-electron chi connectivity index (χ0n) is 24.3.